The molecule has 2 aromatic carbocycles. The summed E-state index contributed by atoms with van der Waals surface area (Å²) in [5, 5.41) is 6.44. The number of nitrogens with zero attached hydrogens (tertiary/aromatic N) is 3. The first-order chi connectivity index (χ1) is 14.0. The van der Waals surface area contributed by atoms with Crippen LogP contribution < -0.4 is 15.4 Å². The number of aromatic nitrogens is 2. The molecule has 3 aromatic rings. The highest BCUT2D eigenvalue weighted by Gasteiger charge is 2.09. The SMILES string of the molecule is COc1ccc(Nc2cc(-c3ccccc3)nc(NCCCN(C)C)n2)cc1F. The number of hydrogen-bond donors (Lipinski definition) is 2. The Kier molecular flexibility index (Phi) is 6.97. The number of ether oxygens (including phenoxy) is 1. The van der Waals surface area contributed by atoms with E-state index in [0.29, 0.717) is 17.5 Å². The van der Waals surface area contributed by atoms with Gasteiger partial charge >= 0.3 is 0 Å². The molecule has 0 fully saturated rings. The number of hydrogen-bond acceptors (Lipinski definition) is 6. The molecule has 1 aromatic heterocycles. The third-order valence-corrected chi connectivity index (χ3v) is 4.29. The number of halogens is 1. The summed E-state index contributed by atoms with van der Waals surface area (Å²) in [7, 11) is 5.53. The van der Waals surface area contributed by atoms with E-state index in [2.05, 4.69) is 25.5 Å². The molecule has 152 valence electrons. The molecule has 0 unspecified atom stereocenters. The molecule has 0 amide bonds. The van der Waals surface area contributed by atoms with E-state index in [1.165, 1.54) is 13.2 Å². The molecule has 0 aliphatic carbocycles. The van der Waals surface area contributed by atoms with E-state index >= 15 is 0 Å². The van der Waals surface area contributed by atoms with Crippen LogP contribution in [0, 0.1) is 5.82 Å². The highest BCUT2D eigenvalue weighted by Crippen LogP contribution is 2.26. The molecule has 0 aliphatic heterocycles. The Bertz CT molecular complexity index is 934. The van der Waals surface area contributed by atoms with Crippen molar-refractivity contribution in [2.24, 2.45) is 0 Å². The van der Waals surface area contributed by atoms with E-state index in [1.807, 2.05) is 50.5 Å². The Morgan fingerprint density at radius 2 is 1.83 bits per heavy atom. The van der Waals surface area contributed by atoms with Crippen LogP contribution in [-0.4, -0.2) is 49.2 Å². The maximum Gasteiger partial charge on any atom is 0.225 e. The minimum Gasteiger partial charge on any atom is -0.494 e. The Morgan fingerprint density at radius 1 is 1.03 bits per heavy atom. The largest absolute Gasteiger partial charge is 0.494 e. The van der Waals surface area contributed by atoms with Crippen LogP contribution in [0.25, 0.3) is 11.3 Å². The van der Waals surface area contributed by atoms with Gasteiger partial charge in [-0.2, -0.15) is 4.98 Å². The van der Waals surface area contributed by atoms with Gasteiger partial charge < -0.3 is 20.3 Å². The maximum atomic E-state index is 14.0. The monoisotopic (exact) mass is 395 g/mol. The van der Waals surface area contributed by atoms with Crippen molar-refractivity contribution in [1.82, 2.24) is 14.9 Å². The molecular weight excluding hydrogens is 369 g/mol. The lowest BCUT2D eigenvalue weighted by Crippen LogP contribution is -2.17. The second kappa shape index (κ2) is 9.84. The first-order valence-corrected chi connectivity index (χ1v) is 9.49. The lowest BCUT2D eigenvalue weighted by Gasteiger charge is -2.13. The fourth-order valence-electron chi connectivity index (χ4n) is 2.83. The van der Waals surface area contributed by atoms with Crippen LogP contribution in [0.1, 0.15) is 6.42 Å². The zero-order chi connectivity index (χ0) is 20.6. The highest BCUT2D eigenvalue weighted by molar-refractivity contribution is 5.67. The number of rotatable bonds is 9. The second-order valence-electron chi connectivity index (χ2n) is 6.89. The van der Waals surface area contributed by atoms with Crippen LogP contribution >= 0.6 is 0 Å². The molecule has 29 heavy (non-hydrogen) atoms. The van der Waals surface area contributed by atoms with E-state index in [4.69, 9.17) is 4.74 Å². The molecule has 0 saturated heterocycles. The summed E-state index contributed by atoms with van der Waals surface area (Å²) in [4.78, 5) is 11.3. The minimum absolute atomic E-state index is 0.200. The fourth-order valence-corrected chi connectivity index (χ4v) is 2.83. The van der Waals surface area contributed by atoms with Crippen molar-refractivity contribution in [3.63, 3.8) is 0 Å². The van der Waals surface area contributed by atoms with Crippen molar-refractivity contribution >= 4 is 17.5 Å². The molecule has 7 heteroatoms. The van der Waals surface area contributed by atoms with Gasteiger partial charge in [0.25, 0.3) is 0 Å². The van der Waals surface area contributed by atoms with Crippen LogP contribution in [0.15, 0.2) is 54.6 Å². The summed E-state index contributed by atoms with van der Waals surface area (Å²) in [5.74, 6) is 0.878. The van der Waals surface area contributed by atoms with Crippen molar-refractivity contribution in [1.29, 1.82) is 0 Å². The summed E-state index contributed by atoms with van der Waals surface area (Å²) in [6.07, 6.45) is 0.971. The van der Waals surface area contributed by atoms with E-state index in [0.717, 1.165) is 30.8 Å². The van der Waals surface area contributed by atoms with Gasteiger partial charge in [-0.3, -0.25) is 0 Å². The lowest BCUT2D eigenvalue weighted by atomic mass is 10.1. The van der Waals surface area contributed by atoms with E-state index in [9.17, 15) is 4.39 Å². The third-order valence-electron chi connectivity index (χ3n) is 4.29. The zero-order valence-electron chi connectivity index (χ0n) is 16.9. The Balaban J connectivity index is 1.84. The van der Waals surface area contributed by atoms with E-state index in [1.54, 1.807) is 12.1 Å². The normalized spacial score (nSPS) is 10.8. The molecule has 0 radical (unpaired) electrons. The summed E-state index contributed by atoms with van der Waals surface area (Å²) < 4.78 is 19.0. The molecule has 0 atom stereocenters. The summed E-state index contributed by atoms with van der Waals surface area (Å²) in [6.45, 7) is 1.73. The number of nitrogens with one attached hydrogen (secondary N) is 2. The Labute approximate surface area is 170 Å². The second-order valence-corrected chi connectivity index (χ2v) is 6.89. The Morgan fingerprint density at radius 3 is 2.52 bits per heavy atom. The van der Waals surface area contributed by atoms with Gasteiger partial charge in [0.05, 0.1) is 12.8 Å². The molecular formula is C22H26FN5O. The molecule has 0 spiro atoms. The molecule has 0 aliphatic rings. The van der Waals surface area contributed by atoms with Crippen molar-refractivity contribution in [2.45, 2.75) is 6.42 Å². The molecule has 2 N–H and O–H groups in total. The number of anilines is 3. The smallest absolute Gasteiger partial charge is 0.225 e. The van der Waals surface area contributed by atoms with E-state index in [-0.39, 0.29) is 5.75 Å². The van der Waals surface area contributed by atoms with E-state index < -0.39 is 5.82 Å². The molecule has 0 bridgehead atoms. The van der Waals surface area contributed by atoms with Crippen molar-refractivity contribution in [3.8, 4) is 17.0 Å². The molecule has 1 heterocycles. The highest BCUT2D eigenvalue weighted by atomic mass is 19.1. The van der Waals surface area contributed by atoms with Gasteiger partial charge in [-0.25, -0.2) is 9.37 Å². The predicted octanol–water partition coefficient (Wildman–Crippen LogP) is 4.40. The van der Waals surface area contributed by atoms with Gasteiger partial charge in [-0.15, -0.1) is 0 Å². The van der Waals surface area contributed by atoms with Crippen LogP contribution in [0.3, 0.4) is 0 Å². The van der Waals surface area contributed by atoms with Gasteiger partial charge in [0.15, 0.2) is 11.6 Å². The third kappa shape index (κ3) is 5.89. The summed E-state index contributed by atoms with van der Waals surface area (Å²) in [5.41, 5.74) is 2.35. The van der Waals surface area contributed by atoms with Crippen LogP contribution in [0.5, 0.6) is 5.75 Å². The van der Waals surface area contributed by atoms with Gasteiger partial charge in [-0.05, 0) is 39.2 Å². The van der Waals surface area contributed by atoms with Crippen LogP contribution in [0.4, 0.5) is 21.8 Å². The van der Waals surface area contributed by atoms with Gasteiger partial charge in [0, 0.05) is 29.9 Å². The number of methoxy groups -OCH3 is 1. The summed E-state index contributed by atoms with van der Waals surface area (Å²) in [6, 6.07) is 16.4. The molecule has 0 saturated carbocycles. The molecule has 3 rings (SSSR count). The van der Waals surface area contributed by atoms with Gasteiger partial charge in [0.2, 0.25) is 5.95 Å². The topological polar surface area (TPSA) is 62.3 Å². The van der Waals surface area contributed by atoms with Crippen LogP contribution in [0.2, 0.25) is 0 Å². The molecule has 6 nitrogen and oxygen atoms in total. The standard InChI is InChI=1S/C22H26FN5O/c1-28(2)13-7-12-24-22-26-19(16-8-5-4-6-9-16)15-21(27-22)25-17-10-11-20(29-3)18(23)14-17/h4-6,8-11,14-15H,7,12-13H2,1-3H3,(H2,24,25,26,27). The maximum absolute atomic E-state index is 14.0. The fraction of sp³-hybridized carbons (Fsp3) is 0.273. The lowest BCUT2D eigenvalue weighted by molar-refractivity contribution is 0.386. The average molecular weight is 395 g/mol. The van der Waals surface area contributed by atoms with Crippen molar-refractivity contribution < 1.29 is 9.13 Å². The minimum atomic E-state index is -0.433. The van der Waals surface area contributed by atoms with Crippen molar-refractivity contribution in [2.75, 3.05) is 44.9 Å². The Hall–Kier alpha value is -3.19. The number of benzene rings is 2. The first-order valence-electron chi connectivity index (χ1n) is 9.49. The zero-order valence-corrected chi connectivity index (χ0v) is 16.9. The summed E-state index contributed by atoms with van der Waals surface area (Å²) >= 11 is 0. The van der Waals surface area contributed by atoms with Gasteiger partial charge in [-0.1, -0.05) is 30.3 Å². The quantitative estimate of drug-likeness (QED) is 0.524. The first kappa shape index (κ1) is 20.5. The van der Waals surface area contributed by atoms with Gasteiger partial charge in [0.1, 0.15) is 5.82 Å². The van der Waals surface area contributed by atoms with Crippen LogP contribution in [-0.2, 0) is 0 Å². The predicted molar refractivity (Wildman–Crippen MR) is 115 cm³/mol. The van der Waals surface area contributed by atoms with Crippen molar-refractivity contribution in [3.05, 3.63) is 60.4 Å². The average Bonchev–Trinajstić information content (AvgIpc) is 2.72.